The Morgan fingerprint density at radius 3 is 2.59 bits per heavy atom. The highest BCUT2D eigenvalue weighted by Gasteiger charge is 2.14. The molecule has 1 rings (SSSR count). The predicted molar refractivity (Wildman–Crippen MR) is 76.7 cm³/mol. The fourth-order valence-electron chi connectivity index (χ4n) is 1.66. The molecule has 0 aromatic heterocycles. The second-order valence-corrected chi connectivity index (χ2v) is 5.83. The van der Waals surface area contributed by atoms with Gasteiger partial charge in [-0.25, -0.2) is 0 Å². The average molecular weight is 253 g/mol. The van der Waals surface area contributed by atoms with Crippen molar-refractivity contribution in [2.45, 2.75) is 25.5 Å². The maximum Gasteiger partial charge on any atom is 0.123 e. The third kappa shape index (κ3) is 4.60. The maximum atomic E-state index is 5.87. The van der Waals surface area contributed by atoms with Crippen molar-refractivity contribution < 1.29 is 4.74 Å². The van der Waals surface area contributed by atoms with Gasteiger partial charge in [-0.1, -0.05) is 32.0 Å². The zero-order chi connectivity index (χ0) is 12.7. The van der Waals surface area contributed by atoms with E-state index in [9.17, 15) is 0 Å². The first-order valence-corrected chi connectivity index (χ1v) is 7.18. The smallest absolute Gasteiger partial charge is 0.123 e. The number of hydrogen-bond acceptors (Lipinski definition) is 3. The lowest BCUT2D eigenvalue weighted by atomic mass is 10.1. The molecule has 1 aromatic carbocycles. The van der Waals surface area contributed by atoms with E-state index in [1.54, 1.807) is 7.11 Å². The summed E-state index contributed by atoms with van der Waals surface area (Å²) in [7, 11) is 1.71. The van der Waals surface area contributed by atoms with Gasteiger partial charge in [0.25, 0.3) is 0 Å². The van der Waals surface area contributed by atoms with Gasteiger partial charge in [0.15, 0.2) is 0 Å². The summed E-state index contributed by atoms with van der Waals surface area (Å²) in [5.41, 5.74) is 7.08. The molecule has 2 N–H and O–H groups in total. The quantitative estimate of drug-likeness (QED) is 0.808. The van der Waals surface area contributed by atoms with Crippen LogP contribution in [-0.4, -0.2) is 19.4 Å². The first-order chi connectivity index (χ1) is 8.19. The van der Waals surface area contributed by atoms with E-state index < -0.39 is 0 Å². The summed E-state index contributed by atoms with van der Waals surface area (Å²) in [4.78, 5) is 0. The lowest BCUT2D eigenvalue weighted by molar-refractivity contribution is 0.409. The molecule has 2 nitrogen and oxygen atoms in total. The summed E-state index contributed by atoms with van der Waals surface area (Å²) < 4.78 is 5.39. The zero-order valence-electron chi connectivity index (χ0n) is 11.0. The predicted octanol–water partition coefficient (Wildman–Crippen LogP) is 3.47. The van der Waals surface area contributed by atoms with E-state index in [2.05, 4.69) is 19.9 Å². The third-order valence-corrected chi connectivity index (χ3v) is 4.03. The van der Waals surface area contributed by atoms with Gasteiger partial charge in [0.1, 0.15) is 5.75 Å². The van der Waals surface area contributed by atoms with Gasteiger partial charge in [-0.2, -0.15) is 11.8 Å². The number of para-hydroxylation sites is 1. The van der Waals surface area contributed by atoms with E-state index >= 15 is 0 Å². The molecule has 1 atom stereocenters. The van der Waals surface area contributed by atoms with E-state index in [0.29, 0.717) is 11.8 Å². The largest absolute Gasteiger partial charge is 0.496 e. The van der Waals surface area contributed by atoms with E-state index in [-0.39, 0.29) is 0 Å². The molecule has 0 bridgehead atoms. The number of benzene rings is 1. The van der Waals surface area contributed by atoms with Crippen LogP contribution in [0.15, 0.2) is 24.3 Å². The summed E-state index contributed by atoms with van der Waals surface area (Å²) in [6.45, 7) is 5.16. The van der Waals surface area contributed by atoms with Crippen molar-refractivity contribution in [3.63, 3.8) is 0 Å². The lowest BCUT2D eigenvalue weighted by Gasteiger charge is -2.18. The molecule has 0 aliphatic heterocycles. The second kappa shape index (κ2) is 7.62. The first kappa shape index (κ1) is 14.4. The highest BCUT2D eigenvalue weighted by atomic mass is 32.2. The summed E-state index contributed by atoms with van der Waals surface area (Å²) in [6, 6.07) is 8.15. The molecule has 0 radical (unpaired) electrons. The first-order valence-electron chi connectivity index (χ1n) is 6.13. The Morgan fingerprint density at radius 2 is 2.00 bits per heavy atom. The Morgan fingerprint density at radius 1 is 1.29 bits per heavy atom. The minimum atomic E-state index is 0.338. The van der Waals surface area contributed by atoms with Crippen molar-refractivity contribution >= 4 is 11.8 Å². The van der Waals surface area contributed by atoms with Crippen LogP contribution in [0.4, 0.5) is 0 Å². The Bertz CT molecular complexity index is 328. The summed E-state index contributed by atoms with van der Waals surface area (Å²) in [5, 5.41) is 0.338. The highest BCUT2D eigenvalue weighted by molar-refractivity contribution is 7.99. The molecular weight excluding hydrogens is 230 g/mol. The van der Waals surface area contributed by atoms with Crippen molar-refractivity contribution in [1.82, 2.24) is 0 Å². The Labute approximate surface area is 109 Å². The monoisotopic (exact) mass is 253 g/mol. The lowest BCUT2D eigenvalue weighted by Crippen LogP contribution is -2.11. The van der Waals surface area contributed by atoms with Gasteiger partial charge < -0.3 is 10.5 Å². The SMILES string of the molecule is COc1ccccc1C(CN)SCCC(C)C. The molecule has 0 aliphatic rings. The van der Waals surface area contributed by atoms with Crippen LogP contribution in [-0.2, 0) is 0 Å². The summed E-state index contributed by atoms with van der Waals surface area (Å²) in [6.07, 6.45) is 1.23. The van der Waals surface area contributed by atoms with Gasteiger partial charge in [0, 0.05) is 17.4 Å². The van der Waals surface area contributed by atoms with Crippen molar-refractivity contribution in [1.29, 1.82) is 0 Å². The normalized spacial score (nSPS) is 12.8. The zero-order valence-corrected chi connectivity index (χ0v) is 11.8. The summed E-state index contributed by atoms with van der Waals surface area (Å²) in [5.74, 6) is 2.84. The molecule has 1 aromatic rings. The van der Waals surface area contributed by atoms with Crippen molar-refractivity contribution in [3.8, 4) is 5.75 Å². The van der Waals surface area contributed by atoms with Gasteiger partial charge in [-0.05, 0) is 24.2 Å². The minimum Gasteiger partial charge on any atom is -0.496 e. The molecule has 96 valence electrons. The van der Waals surface area contributed by atoms with Crippen molar-refractivity contribution in [2.24, 2.45) is 11.7 Å². The number of ether oxygens (including phenoxy) is 1. The molecule has 1 unspecified atom stereocenters. The fraction of sp³-hybridized carbons (Fsp3) is 0.571. The number of rotatable bonds is 7. The third-order valence-electron chi connectivity index (χ3n) is 2.71. The Hall–Kier alpha value is -0.670. The number of methoxy groups -OCH3 is 1. The molecule has 17 heavy (non-hydrogen) atoms. The molecule has 0 spiro atoms. The molecule has 0 saturated heterocycles. The van der Waals surface area contributed by atoms with E-state index in [0.717, 1.165) is 17.4 Å². The van der Waals surface area contributed by atoms with Crippen LogP contribution in [0.5, 0.6) is 5.75 Å². The van der Waals surface area contributed by atoms with Gasteiger partial charge in [-0.3, -0.25) is 0 Å². The van der Waals surface area contributed by atoms with E-state index in [4.69, 9.17) is 10.5 Å². The number of nitrogens with two attached hydrogens (primary N) is 1. The minimum absolute atomic E-state index is 0.338. The second-order valence-electron chi connectivity index (χ2n) is 4.52. The van der Waals surface area contributed by atoms with Gasteiger partial charge in [0.05, 0.1) is 7.11 Å². The van der Waals surface area contributed by atoms with E-state index in [1.165, 1.54) is 12.0 Å². The molecular formula is C14H23NOS. The molecule has 0 fully saturated rings. The van der Waals surface area contributed by atoms with E-state index in [1.807, 2.05) is 30.0 Å². The van der Waals surface area contributed by atoms with Crippen LogP contribution in [0.2, 0.25) is 0 Å². The Balaban J connectivity index is 2.65. The molecule has 3 heteroatoms. The van der Waals surface area contributed by atoms with Crippen molar-refractivity contribution in [2.75, 3.05) is 19.4 Å². The van der Waals surface area contributed by atoms with Crippen LogP contribution in [0.1, 0.15) is 31.1 Å². The standard InChI is InChI=1S/C14H23NOS/c1-11(2)8-9-17-14(10-15)12-6-4-5-7-13(12)16-3/h4-7,11,14H,8-10,15H2,1-3H3. The molecule has 0 saturated carbocycles. The number of hydrogen-bond donors (Lipinski definition) is 1. The topological polar surface area (TPSA) is 35.2 Å². The molecule has 0 amide bonds. The maximum absolute atomic E-state index is 5.87. The van der Waals surface area contributed by atoms with Crippen LogP contribution in [0.3, 0.4) is 0 Å². The highest BCUT2D eigenvalue weighted by Crippen LogP contribution is 2.34. The van der Waals surface area contributed by atoms with Crippen molar-refractivity contribution in [3.05, 3.63) is 29.8 Å². The molecule has 0 heterocycles. The number of thioether (sulfide) groups is 1. The van der Waals surface area contributed by atoms with Crippen LogP contribution >= 0.6 is 11.8 Å². The Kier molecular flexibility index (Phi) is 6.45. The van der Waals surface area contributed by atoms with Crippen LogP contribution in [0, 0.1) is 5.92 Å². The van der Waals surface area contributed by atoms with Gasteiger partial charge in [-0.15, -0.1) is 0 Å². The van der Waals surface area contributed by atoms with Gasteiger partial charge in [0.2, 0.25) is 0 Å². The average Bonchev–Trinajstić information content (AvgIpc) is 2.34. The van der Waals surface area contributed by atoms with Crippen LogP contribution < -0.4 is 10.5 Å². The fourth-order valence-corrected chi connectivity index (χ4v) is 3.07. The van der Waals surface area contributed by atoms with Gasteiger partial charge >= 0.3 is 0 Å². The molecule has 0 aliphatic carbocycles. The summed E-state index contributed by atoms with van der Waals surface area (Å²) >= 11 is 1.93. The van der Waals surface area contributed by atoms with Crippen LogP contribution in [0.25, 0.3) is 0 Å².